The molecule has 0 spiro atoms. The van der Waals surface area contributed by atoms with Crippen LogP contribution < -0.4 is 10.6 Å². The quantitative estimate of drug-likeness (QED) is 0.635. The molecular formula is C17H24N4O. The summed E-state index contributed by atoms with van der Waals surface area (Å²) in [4.78, 5) is 9.03. The van der Waals surface area contributed by atoms with Gasteiger partial charge in [-0.3, -0.25) is 0 Å². The second kappa shape index (κ2) is 8.22. The van der Waals surface area contributed by atoms with E-state index in [9.17, 15) is 0 Å². The van der Waals surface area contributed by atoms with E-state index in [2.05, 4.69) is 41.4 Å². The maximum absolute atomic E-state index is 5.52. The van der Waals surface area contributed by atoms with E-state index in [1.54, 1.807) is 6.26 Å². The molecule has 0 radical (unpaired) electrons. The van der Waals surface area contributed by atoms with Crippen LogP contribution in [0.5, 0.6) is 0 Å². The average Bonchev–Trinajstić information content (AvgIpc) is 3.02. The number of oxazole rings is 1. The van der Waals surface area contributed by atoms with Crippen molar-refractivity contribution < 1.29 is 4.42 Å². The van der Waals surface area contributed by atoms with E-state index in [-0.39, 0.29) is 0 Å². The Balaban J connectivity index is 2.03. The van der Waals surface area contributed by atoms with Crippen molar-refractivity contribution in [3.8, 4) is 11.5 Å². The van der Waals surface area contributed by atoms with E-state index in [0.29, 0.717) is 18.5 Å². The lowest BCUT2D eigenvalue weighted by molar-refractivity contribution is 0.572. The Morgan fingerprint density at radius 1 is 1.27 bits per heavy atom. The first-order chi connectivity index (χ1) is 10.7. The molecule has 1 unspecified atom stereocenters. The van der Waals surface area contributed by atoms with Gasteiger partial charge in [-0.1, -0.05) is 25.1 Å². The van der Waals surface area contributed by atoms with Crippen LogP contribution in [0.15, 0.2) is 46.0 Å². The van der Waals surface area contributed by atoms with Gasteiger partial charge >= 0.3 is 0 Å². The molecule has 0 saturated carbocycles. The van der Waals surface area contributed by atoms with Gasteiger partial charge in [-0.2, -0.15) is 0 Å². The Hall–Kier alpha value is -2.30. The van der Waals surface area contributed by atoms with Crippen LogP contribution in [0.4, 0.5) is 0 Å². The Morgan fingerprint density at radius 2 is 2.05 bits per heavy atom. The summed E-state index contributed by atoms with van der Waals surface area (Å²) in [7, 11) is 0. The van der Waals surface area contributed by atoms with Crippen LogP contribution in [0.3, 0.4) is 0 Å². The Kier molecular flexibility index (Phi) is 6.01. The normalized spacial score (nSPS) is 13.0. The maximum atomic E-state index is 5.52. The lowest BCUT2D eigenvalue weighted by Gasteiger charge is -2.15. The van der Waals surface area contributed by atoms with E-state index >= 15 is 0 Å². The molecule has 1 atom stereocenters. The maximum Gasteiger partial charge on any atom is 0.226 e. The zero-order valence-electron chi connectivity index (χ0n) is 13.5. The molecular weight excluding hydrogens is 276 g/mol. The van der Waals surface area contributed by atoms with E-state index in [0.717, 1.165) is 30.2 Å². The van der Waals surface area contributed by atoms with Crippen molar-refractivity contribution >= 4 is 5.96 Å². The molecule has 2 N–H and O–H groups in total. The van der Waals surface area contributed by atoms with Crippen molar-refractivity contribution in [3.05, 3.63) is 42.3 Å². The molecule has 0 fully saturated rings. The molecule has 2 aromatic rings. The van der Waals surface area contributed by atoms with Gasteiger partial charge in [0.15, 0.2) is 5.96 Å². The number of hydrogen-bond acceptors (Lipinski definition) is 3. The van der Waals surface area contributed by atoms with Crippen LogP contribution in [-0.2, 0) is 6.54 Å². The van der Waals surface area contributed by atoms with Gasteiger partial charge in [-0.05, 0) is 32.4 Å². The van der Waals surface area contributed by atoms with Crippen LogP contribution >= 0.6 is 0 Å². The van der Waals surface area contributed by atoms with Gasteiger partial charge in [0.1, 0.15) is 12.0 Å². The van der Waals surface area contributed by atoms with Crippen molar-refractivity contribution in [2.75, 3.05) is 6.54 Å². The fraction of sp³-hybridized carbons (Fsp3) is 0.412. The first kappa shape index (κ1) is 16.1. The third-order valence-electron chi connectivity index (χ3n) is 3.31. The molecule has 0 bridgehead atoms. The van der Waals surface area contributed by atoms with Crippen LogP contribution in [0.2, 0.25) is 0 Å². The van der Waals surface area contributed by atoms with Gasteiger partial charge in [0.05, 0.1) is 6.54 Å². The SMILES string of the molecule is CCNC(=NCc1coc(-c2ccccc2)n1)NC(C)CC. The van der Waals surface area contributed by atoms with Gasteiger partial charge in [-0.25, -0.2) is 9.98 Å². The van der Waals surface area contributed by atoms with Crippen LogP contribution in [0, 0.1) is 0 Å². The highest BCUT2D eigenvalue weighted by Gasteiger charge is 2.07. The zero-order valence-corrected chi connectivity index (χ0v) is 13.5. The van der Waals surface area contributed by atoms with Gasteiger partial charge in [0.25, 0.3) is 0 Å². The van der Waals surface area contributed by atoms with Crippen molar-refractivity contribution in [1.82, 2.24) is 15.6 Å². The van der Waals surface area contributed by atoms with Crippen LogP contribution in [0.25, 0.3) is 11.5 Å². The van der Waals surface area contributed by atoms with Crippen molar-refractivity contribution in [2.24, 2.45) is 4.99 Å². The lowest BCUT2D eigenvalue weighted by Crippen LogP contribution is -2.41. The lowest BCUT2D eigenvalue weighted by atomic mass is 10.2. The van der Waals surface area contributed by atoms with Gasteiger partial charge < -0.3 is 15.1 Å². The predicted octanol–water partition coefficient (Wildman–Crippen LogP) is 3.20. The third kappa shape index (κ3) is 4.62. The highest BCUT2D eigenvalue weighted by atomic mass is 16.3. The standard InChI is InChI=1S/C17H24N4O/c1-4-13(3)20-17(18-5-2)19-11-15-12-22-16(21-15)14-9-7-6-8-10-14/h6-10,12-13H,4-5,11H2,1-3H3,(H2,18,19,20). The van der Waals surface area contributed by atoms with E-state index in [1.807, 2.05) is 30.3 Å². The van der Waals surface area contributed by atoms with Gasteiger partial charge in [-0.15, -0.1) is 0 Å². The summed E-state index contributed by atoms with van der Waals surface area (Å²) >= 11 is 0. The summed E-state index contributed by atoms with van der Waals surface area (Å²) in [5.41, 5.74) is 1.79. The summed E-state index contributed by atoms with van der Waals surface area (Å²) in [5, 5.41) is 6.59. The summed E-state index contributed by atoms with van der Waals surface area (Å²) < 4.78 is 5.52. The fourth-order valence-electron chi connectivity index (χ4n) is 1.91. The summed E-state index contributed by atoms with van der Waals surface area (Å²) in [6.45, 7) is 7.65. The zero-order chi connectivity index (χ0) is 15.8. The molecule has 1 heterocycles. The fourth-order valence-corrected chi connectivity index (χ4v) is 1.91. The minimum absolute atomic E-state index is 0.384. The largest absolute Gasteiger partial charge is 0.444 e. The molecule has 5 heteroatoms. The number of aromatic nitrogens is 1. The first-order valence-corrected chi connectivity index (χ1v) is 7.77. The second-order valence-electron chi connectivity index (χ2n) is 5.16. The molecule has 118 valence electrons. The highest BCUT2D eigenvalue weighted by molar-refractivity contribution is 5.80. The Bertz CT molecular complexity index is 592. The Labute approximate surface area is 131 Å². The third-order valence-corrected chi connectivity index (χ3v) is 3.31. The number of aliphatic imine (C=N–C) groups is 1. The predicted molar refractivity (Wildman–Crippen MR) is 89.6 cm³/mol. The number of rotatable bonds is 6. The summed E-state index contributed by atoms with van der Waals surface area (Å²) in [6.07, 6.45) is 2.71. The topological polar surface area (TPSA) is 62.5 Å². The van der Waals surface area contributed by atoms with E-state index < -0.39 is 0 Å². The average molecular weight is 300 g/mol. The van der Waals surface area contributed by atoms with Crippen molar-refractivity contribution in [2.45, 2.75) is 39.8 Å². The summed E-state index contributed by atoms with van der Waals surface area (Å²) in [5.74, 6) is 1.44. The molecule has 0 aliphatic rings. The van der Waals surface area contributed by atoms with E-state index in [4.69, 9.17) is 4.42 Å². The van der Waals surface area contributed by atoms with Crippen molar-refractivity contribution in [3.63, 3.8) is 0 Å². The van der Waals surface area contributed by atoms with Crippen LogP contribution in [0.1, 0.15) is 32.9 Å². The number of nitrogens with zero attached hydrogens (tertiary/aromatic N) is 2. The first-order valence-electron chi connectivity index (χ1n) is 7.77. The van der Waals surface area contributed by atoms with Gasteiger partial charge in [0.2, 0.25) is 5.89 Å². The number of nitrogens with one attached hydrogen (secondary N) is 2. The number of hydrogen-bond donors (Lipinski definition) is 2. The van der Waals surface area contributed by atoms with Crippen molar-refractivity contribution in [1.29, 1.82) is 0 Å². The molecule has 2 rings (SSSR count). The molecule has 1 aromatic heterocycles. The van der Waals surface area contributed by atoms with E-state index in [1.165, 1.54) is 0 Å². The molecule has 0 amide bonds. The molecule has 0 aliphatic heterocycles. The molecule has 5 nitrogen and oxygen atoms in total. The molecule has 0 saturated heterocycles. The number of guanidine groups is 1. The second-order valence-corrected chi connectivity index (χ2v) is 5.16. The minimum atomic E-state index is 0.384. The monoisotopic (exact) mass is 300 g/mol. The Morgan fingerprint density at radius 3 is 2.73 bits per heavy atom. The minimum Gasteiger partial charge on any atom is -0.444 e. The highest BCUT2D eigenvalue weighted by Crippen LogP contribution is 2.18. The van der Waals surface area contributed by atoms with Crippen LogP contribution in [-0.4, -0.2) is 23.5 Å². The molecule has 0 aliphatic carbocycles. The summed E-state index contributed by atoms with van der Waals surface area (Å²) in [6, 6.07) is 10.3. The smallest absolute Gasteiger partial charge is 0.226 e. The van der Waals surface area contributed by atoms with Gasteiger partial charge in [0, 0.05) is 18.2 Å². The molecule has 22 heavy (non-hydrogen) atoms. The molecule has 1 aromatic carbocycles. The number of benzene rings is 1.